The van der Waals surface area contributed by atoms with Crippen LogP contribution < -0.4 is 0 Å². The van der Waals surface area contributed by atoms with Crippen LogP contribution in [-0.2, 0) is 6.54 Å². The third-order valence-electron chi connectivity index (χ3n) is 1.69. The van der Waals surface area contributed by atoms with Gasteiger partial charge < -0.3 is 0 Å². The van der Waals surface area contributed by atoms with Crippen LogP contribution in [0.25, 0.3) is 0 Å². The van der Waals surface area contributed by atoms with Crippen molar-refractivity contribution < 1.29 is 0 Å². The van der Waals surface area contributed by atoms with Gasteiger partial charge in [-0.25, -0.2) is 9.97 Å². The number of hydrogen-bond donors (Lipinski definition) is 0. The summed E-state index contributed by atoms with van der Waals surface area (Å²) in [6.45, 7) is 2.64. The predicted molar refractivity (Wildman–Crippen MR) is 48.1 cm³/mol. The Balaban J connectivity index is 2.15. The van der Waals surface area contributed by atoms with E-state index in [1.807, 2.05) is 24.0 Å². The third kappa shape index (κ3) is 1.90. The van der Waals surface area contributed by atoms with E-state index in [4.69, 9.17) is 0 Å². The summed E-state index contributed by atoms with van der Waals surface area (Å²) >= 11 is 0. The molecule has 0 spiro atoms. The van der Waals surface area contributed by atoms with E-state index in [1.165, 1.54) is 0 Å². The zero-order chi connectivity index (χ0) is 9.10. The lowest BCUT2D eigenvalue weighted by Gasteiger charge is -1.98. The Bertz CT molecular complexity index is 380. The van der Waals surface area contributed by atoms with Crippen LogP contribution >= 0.6 is 0 Å². The average molecular weight is 174 g/mol. The number of rotatable bonds is 2. The molecule has 2 aromatic heterocycles. The smallest absolute Gasteiger partial charge is 0.149 e. The van der Waals surface area contributed by atoms with Gasteiger partial charge in [-0.05, 0) is 18.6 Å². The van der Waals surface area contributed by atoms with E-state index in [9.17, 15) is 0 Å². The van der Waals surface area contributed by atoms with Crippen LogP contribution in [0.15, 0.2) is 30.9 Å². The van der Waals surface area contributed by atoms with Crippen LogP contribution in [0.2, 0.25) is 0 Å². The summed E-state index contributed by atoms with van der Waals surface area (Å²) in [6.07, 6.45) is 7.26. The lowest BCUT2D eigenvalue weighted by molar-refractivity contribution is 0.654. The molecule has 0 aliphatic heterocycles. The fourth-order valence-corrected chi connectivity index (χ4v) is 1.11. The quantitative estimate of drug-likeness (QED) is 0.683. The molecular weight excluding hydrogens is 164 g/mol. The minimum absolute atomic E-state index is 0.634. The first-order valence-corrected chi connectivity index (χ1v) is 4.09. The normalized spacial score (nSPS) is 10.2. The molecule has 0 N–H and O–H groups in total. The Kier molecular flexibility index (Phi) is 2.04. The summed E-state index contributed by atoms with van der Waals surface area (Å²) in [7, 11) is 0. The van der Waals surface area contributed by atoms with Gasteiger partial charge in [-0.3, -0.25) is 4.68 Å². The van der Waals surface area contributed by atoms with E-state index in [2.05, 4.69) is 15.1 Å². The fourth-order valence-electron chi connectivity index (χ4n) is 1.11. The van der Waals surface area contributed by atoms with Gasteiger partial charge in [0.25, 0.3) is 0 Å². The molecule has 2 heterocycles. The van der Waals surface area contributed by atoms with Crippen molar-refractivity contribution in [2.24, 2.45) is 0 Å². The molecule has 2 aromatic rings. The predicted octanol–water partition coefficient (Wildman–Crippen LogP) is 1.03. The maximum absolute atomic E-state index is 4.15. The second kappa shape index (κ2) is 3.35. The van der Waals surface area contributed by atoms with Gasteiger partial charge in [-0.1, -0.05) is 0 Å². The van der Waals surface area contributed by atoms with Crippen LogP contribution in [0.4, 0.5) is 0 Å². The summed E-state index contributed by atoms with van der Waals surface area (Å²) in [5, 5.41) is 4.15. The summed E-state index contributed by atoms with van der Waals surface area (Å²) in [4.78, 5) is 8.22. The highest BCUT2D eigenvalue weighted by Crippen LogP contribution is 1.97. The zero-order valence-corrected chi connectivity index (χ0v) is 7.38. The first kappa shape index (κ1) is 7.91. The monoisotopic (exact) mass is 174 g/mol. The molecular formula is C9H10N4. The number of nitrogens with zero attached hydrogens (tertiary/aromatic N) is 4. The lowest BCUT2D eigenvalue weighted by Crippen LogP contribution is -2.03. The van der Waals surface area contributed by atoms with E-state index < -0.39 is 0 Å². The maximum atomic E-state index is 4.15. The molecule has 0 aliphatic rings. The van der Waals surface area contributed by atoms with E-state index in [0.717, 1.165) is 11.4 Å². The standard InChI is InChI=1S/C9H10N4/c1-8-5-12-13(6-8)7-9-10-3-2-4-11-9/h2-6H,7H2,1H3. The second-order valence-electron chi connectivity index (χ2n) is 2.88. The van der Waals surface area contributed by atoms with Gasteiger partial charge in [0.1, 0.15) is 12.4 Å². The highest BCUT2D eigenvalue weighted by molar-refractivity contribution is 5.01. The zero-order valence-electron chi connectivity index (χ0n) is 7.38. The first-order valence-electron chi connectivity index (χ1n) is 4.09. The van der Waals surface area contributed by atoms with Gasteiger partial charge >= 0.3 is 0 Å². The van der Waals surface area contributed by atoms with Crippen LogP contribution in [0.3, 0.4) is 0 Å². The molecule has 0 saturated heterocycles. The van der Waals surface area contributed by atoms with Crippen molar-refractivity contribution in [3.05, 3.63) is 42.2 Å². The molecule has 2 rings (SSSR count). The molecule has 66 valence electrons. The Labute approximate surface area is 76.3 Å². The first-order chi connectivity index (χ1) is 6.34. The van der Waals surface area contributed by atoms with Gasteiger partial charge in [-0.2, -0.15) is 5.10 Å². The van der Waals surface area contributed by atoms with Crippen molar-refractivity contribution in [2.45, 2.75) is 13.5 Å². The van der Waals surface area contributed by atoms with Crippen molar-refractivity contribution in [1.82, 2.24) is 19.7 Å². The van der Waals surface area contributed by atoms with E-state index in [0.29, 0.717) is 6.54 Å². The largest absolute Gasteiger partial charge is 0.265 e. The molecule has 0 fully saturated rings. The number of aromatic nitrogens is 4. The van der Waals surface area contributed by atoms with Crippen LogP contribution in [0.5, 0.6) is 0 Å². The van der Waals surface area contributed by atoms with E-state index in [-0.39, 0.29) is 0 Å². The Morgan fingerprint density at radius 2 is 2.08 bits per heavy atom. The molecule has 4 nitrogen and oxygen atoms in total. The van der Waals surface area contributed by atoms with E-state index in [1.54, 1.807) is 18.5 Å². The molecule has 0 aliphatic carbocycles. The van der Waals surface area contributed by atoms with Crippen LogP contribution in [-0.4, -0.2) is 19.7 Å². The molecule has 4 heteroatoms. The van der Waals surface area contributed by atoms with Crippen molar-refractivity contribution in [2.75, 3.05) is 0 Å². The summed E-state index contributed by atoms with van der Waals surface area (Å²) in [6, 6.07) is 1.80. The molecule has 13 heavy (non-hydrogen) atoms. The lowest BCUT2D eigenvalue weighted by atomic mass is 10.4. The molecule has 0 bridgehead atoms. The highest BCUT2D eigenvalue weighted by Gasteiger charge is 1.97. The Morgan fingerprint density at radius 1 is 1.31 bits per heavy atom. The SMILES string of the molecule is Cc1cnn(Cc2ncccn2)c1. The Morgan fingerprint density at radius 3 is 2.69 bits per heavy atom. The minimum atomic E-state index is 0.634. The van der Waals surface area contributed by atoms with Gasteiger partial charge in [0.2, 0.25) is 0 Å². The van der Waals surface area contributed by atoms with Gasteiger partial charge in [0, 0.05) is 18.6 Å². The van der Waals surface area contributed by atoms with Crippen molar-refractivity contribution in [1.29, 1.82) is 0 Å². The number of aryl methyl sites for hydroxylation is 1. The third-order valence-corrected chi connectivity index (χ3v) is 1.69. The molecule has 0 radical (unpaired) electrons. The maximum Gasteiger partial charge on any atom is 0.149 e. The molecule has 0 aromatic carbocycles. The second-order valence-corrected chi connectivity index (χ2v) is 2.88. The van der Waals surface area contributed by atoms with Gasteiger partial charge in [-0.15, -0.1) is 0 Å². The molecule has 0 unspecified atom stereocenters. The summed E-state index contributed by atoms with van der Waals surface area (Å²) in [5.74, 6) is 0.783. The summed E-state index contributed by atoms with van der Waals surface area (Å²) in [5.41, 5.74) is 1.15. The van der Waals surface area contributed by atoms with Crippen LogP contribution in [0, 0.1) is 6.92 Å². The average Bonchev–Trinajstić information content (AvgIpc) is 2.53. The van der Waals surface area contributed by atoms with Crippen molar-refractivity contribution in [3.8, 4) is 0 Å². The summed E-state index contributed by atoms with van der Waals surface area (Å²) < 4.78 is 1.82. The van der Waals surface area contributed by atoms with Gasteiger partial charge in [0.15, 0.2) is 0 Å². The van der Waals surface area contributed by atoms with Crippen LogP contribution in [0.1, 0.15) is 11.4 Å². The minimum Gasteiger partial charge on any atom is -0.265 e. The molecule has 0 atom stereocenters. The Hall–Kier alpha value is -1.71. The molecule has 0 amide bonds. The van der Waals surface area contributed by atoms with Crippen molar-refractivity contribution in [3.63, 3.8) is 0 Å². The molecule has 0 saturated carbocycles. The highest BCUT2D eigenvalue weighted by atomic mass is 15.3. The van der Waals surface area contributed by atoms with Crippen molar-refractivity contribution >= 4 is 0 Å². The van der Waals surface area contributed by atoms with E-state index >= 15 is 0 Å². The topological polar surface area (TPSA) is 43.6 Å². The fraction of sp³-hybridized carbons (Fsp3) is 0.222. The van der Waals surface area contributed by atoms with Gasteiger partial charge in [0.05, 0.1) is 6.20 Å². The number of hydrogen-bond acceptors (Lipinski definition) is 3.